The first-order valence-electron chi connectivity index (χ1n) is 9.97. The van der Waals surface area contributed by atoms with Crippen molar-refractivity contribution in [2.24, 2.45) is 0 Å². The number of carbonyl (C=O) groups is 2. The van der Waals surface area contributed by atoms with E-state index in [0.717, 1.165) is 5.56 Å². The number of amides is 2. The number of ether oxygens (including phenoxy) is 1. The van der Waals surface area contributed by atoms with Crippen LogP contribution in [-0.2, 0) is 4.79 Å². The van der Waals surface area contributed by atoms with Crippen LogP contribution in [-0.4, -0.2) is 30.9 Å². The van der Waals surface area contributed by atoms with Crippen molar-refractivity contribution < 1.29 is 18.7 Å². The van der Waals surface area contributed by atoms with Crippen molar-refractivity contribution in [2.75, 3.05) is 19.5 Å². The molecular weight excluding hydrogens is 395 g/mol. The number of likely N-dealkylation sites (N-methyl/N-ethyl adjacent to an activating group) is 1. The molecule has 6 heteroatoms. The standard InChI is InChI=1S/C25H23FN2O3/c1-15-8-11-17(14-21(15)26)27-24(29)22-19-6-4-5-7-20(19)25(30)28(2)23(22)16-9-12-18(31-3)13-10-16/h4-14,22-23H,1-3H3,(H,27,29)/t22-,23-/m1/s1. The van der Waals surface area contributed by atoms with Crippen molar-refractivity contribution in [2.45, 2.75) is 18.9 Å². The fourth-order valence-electron chi connectivity index (χ4n) is 4.07. The molecule has 0 aliphatic carbocycles. The molecule has 1 heterocycles. The summed E-state index contributed by atoms with van der Waals surface area (Å²) in [5.74, 6) is -0.833. The van der Waals surface area contributed by atoms with E-state index in [9.17, 15) is 14.0 Å². The second kappa shape index (κ2) is 8.22. The predicted molar refractivity (Wildman–Crippen MR) is 117 cm³/mol. The molecule has 0 bridgehead atoms. The van der Waals surface area contributed by atoms with Crippen LogP contribution in [0.4, 0.5) is 10.1 Å². The van der Waals surface area contributed by atoms with Crippen LogP contribution >= 0.6 is 0 Å². The summed E-state index contributed by atoms with van der Waals surface area (Å²) in [5, 5.41) is 2.84. The monoisotopic (exact) mass is 418 g/mol. The predicted octanol–water partition coefficient (Wildman–Crippen LogP) is 4.69. The fourth-order valence-corrected chi connectivity index (χ4v) is 4.07. The average molecular weight is 418 g/mol. The van der Waals surface area contributed by atoms with Gasteiger partial charge in [-0.25, -0.2) is 4.39 Å². The van der Waals surface area contributed by atoms with Gasteiger partial charge in [0, 0.05) is 18.3 Å². The van der Waals surface area contributed by atoms with E-state index < -0.39 is 12.0 Å². The van der Waals surface area contributed by atoms with Crippen LogP contribution in [0.2, 0.25) is 0 Å². The van der Waals surface area contributed by atoms with E-state index >= 15 is 0 Å². The van der Waals surface area contributed by atoms with Crippen LogP contribution in [0.1, 0.15) is 39.0 Å². The van der Waals surface area contributed by atoms with Gasteiger partial charge in [0.25, 0.3) is 5.91 Å². The minimum Gasteiger partial charge on any atom is -0.497 e. The third-order valence-electron chi connectivity index (χ3n) is 5.76. The topological polar surface area (TPSA) is 58.6 Å². The van der Waals surface area contributed by atoms with Crippen molar-refractivity contribution in [1.29, 1.82) is 0 Å². The molecule has 4 rings (SSSR count). The maximum atomic E-state index is 14.0. The van der Waals surface area contributed by atoms with Gasteiger partial charge in [-0.2, -0.15) is 0 Å². The molecule has 2 amide bonds. The second-order valence-electron chi connectivity index (χ2n) is 7.65. The van der Waals surface area contributed by atoms with Crippen LogP contribution in [0.25, 0.3) is 0 Å². The van der Waals surface area contributed by atoms with Crippen molar-refractivity contribution >= 4 is 17.5 Å². The number of fused-ring (bicyclic) bond motifs is 1. The highest BCUT2D eigenvalue weighted by Crippen LogP contribution is 2.42. The molecule has 31 heavy (non-hydrogen) atoms. The van der Waals surface area contributed by atoms with Crippen molar-refractivity contribution in [3.8, 4) is 5.75 Å². The number of nitrogens with one attached hydrogen (secondary N) is 1. The summed E-state index contributed by atoms with van der Waals surface area (Å²) in [4.78, 5) is 28.1. The van der Waals surface area contributed by atoms with E-state index in [1.54, 1.807) is 68.4 Å². The van der Waals surface area contributed by atoms with Crippen LogP contribution in [0, 0.1) is 12.7 Å². The van der Waals surface area contributed by atoms with Gasteiger partial charge in [-0.3, -0.25) is 9.59 Å². The molecule has 3 aromatic carbocycles. The van der Waals surface area contributed by atoms with E-state index in [1.807, 2.05) is 18.2 Å². The lowest BCUT2D eigenvalue weighted by Crippen LogP contribution is -2.44. The normalized spacial score (nSPS) is 17.8. The molecule has 3 aromatic rings. The summed E-state index contributed by atoms with van der Waals surface area (Å²) >= 11 is 0. The first-order valence-corrected chi connectivity index (χ1v) is 9.97. The molecule has 0 spiro atoms. The summed E-state index contributed by atoms with van der Waals surface area (Å²) in [5.41, 5.74) is 2.82. The number of nitrogens with zero attached hydrogens (tertiary/aromatic N) is 1. The molecule has 1 aliphatic heterocycles. The number of aryl methyl sites for hydroxylation is 1. The number of hydrogen-bond donors (Lipinski definition) is 1. The van der Waals surface area contributed by atoms with Crippen molar-refractivity contribution in [1.82, 2.24) is 4.90 Å². The highest BCUT2D eigenvalue weighted by Gasteiger charge is 2.42. The second-order valence-corrected chi connectivity index (χ2v) is 7.65. The smallest absolute Gasteiger partial charge is 0.254 e. The zero-order valence-electron chi connectivity index (χ0n) is 17.6. The molecule has 2 atom stereocenters. The van der Waals surface area contributed by atoms with Gasteiger partial charge in [0.2, 0.25) is 5.91 Å². The van der Waals surface area contributed by atoms with Crippen LogP contribution in [0.15, 0.2) is 66.7 Å². The minimum atomic E-state index is -0.670. The molecule has 0 fully saturated rings. The maximum Gasteiger partial charge on any atom is 0.254 e. The van der Waals surface area contributed by atoms with Gasteiger partial charge in [-0.05, 0) is 53.9 Å². The lowest BCUT2D eigenvalue weighted by atomic mass is 9.79. The van der Waals surface area contributed by atoms with Gasteiger partial charge in [0.15, 0.2) is 0 Å². The number of benzene rings is 3. The summed E-state index contributed by atoms with van der Waals surface area (Å²) in [7, 11) is 3.28. The lowest BCUT2D eigenvalue weighted by Gasteiger charge is -2.39. The Labute approximate surface area is 180 Å². The largest absolute Gasteiger partial charge is 0.497 e. The third-order valence-corrected chi connectivity index (χ3v) is 5.76. The summed E-state index contributed by atoms with van der Waals surface area (Å²) in [6.07, 6.45) is 0. The highest BCUT2D eigenvalue weighted by atomic mass is 19.1. The number of anilines is 1. The molecule has 1 aliphatic rings. The quantitative estimate of drug-likeness (QED) is 0.669. The van der Waals surface area contributed by atoms with Crippen LogP contribution in [0.3, 0.4) is 0 Å². The molecule has 5 nitrogen and oxygen atoms in total. The van der Waals surface area contributed by atoms with Gasteiger partial charge >= 0.3 is 0 Å². The Morgan fingerprint density at radius 1 is 1.06 bits per heavy atom. The zero-order chi connectivity index (χ0) is 22.1. The van der Waals surface area contributed by atoms with E-state index in [4.69, 9.17) is 4.74 Å². The van der Waals surface area contributed by atoms with E-state index in [1.165, 1.54) is 6.07 Å². The Morgan fingerprint density at radius 2 is 1.77 bits per heavy atom. The molecule has 0 saturated carbocycles. The SMILES string of the molecule is COc1ccc([C@@H]2[C@H](C(=O)Nc3ccc(C)c(F)c3)c3ccccc3C(=O)N2C)cc1. The van der Waals surface area contributed by atoms with Crippen LogP contribution < -0.4 is 10.1 Å². The van der Waals surface area contributed by atoms with Crippen molar-refractivity contribution in [3.63, 3.8) is 0 Å². The first kappa shape index (κ1) is 20.6. The fraction of sp³-hybridized carbons (Fsp3) is 0.200. The van der Waals surface area contributed by atoms with Gasteiger partial charge in [-0.15, -0.1) is 0 Å². The minimum absolute atomic E-state index is 0.151. The number of methoxy groups -OCH3 is 1. The van der Waals surface area contributed by atoms with Gasteiger partial charge < -0.3 is 15.0 Å². The number of halogens is 1. The third kappa shape index (κ3) is 3.77. The molecule has 0 radical (unpaired) electrons. The van der Waals surface area contributed by atoms with Gasteiger partial charge in [-0.1, -0.05) is 36.4 Å². The summed E-state index contributed by atoms with van der Waals surface area (Å²) in [6.45, 7) is 1.67. The highest BCUT2D eigenvalue weighted by molar-refractivity contribution is 6.04. The average Bonchev–Trinajstić information content (AvgIpc) is 2.78. The van der Waals surface area contributed by atoms with Crippen LogP contribution in [0.5, 0.6) is 5.75 Å². The molecule has 1 N–H and O–H groups in total. The molecule has 0 unspecified atom stereocenters. The van der Waals surface area contributed by atoms with E-state index in [0.29, 0.717) is 28.1 Å². The zero-order valence-corrected chi connectivity index (χ0v) is 17.6. The van der Waals surface area contributed by atoms with E-state index in [-0.39, 0.29) is 17.6 Å². The van der Waals surface area contributed by atoms with Gasteiger partial charge in [0.05, 0.1) is 19.1 Å². The molecular formula is C25H23FN2O3. The molecule has 0 aromatic heterocycles. The number of hydrogen-bond acceptors (Lipinski definition) is 3. The Bertz CT molecular complexity index is 1140. The lowest BCUT2D eigenvalue weighted by molar-refractivity contribution is -0.119. The van der Waals surface area contributed by atoms with Crippen molar-refractivity contribution in [3.05, 3.63) is 94.8 Å². The molecule has 0 saturated heterocycles. The Morgan fingerprint density at radius 3 is 2.45 bits per heavy atom. The first-order chi connectivity index (χ1) is 14.9. The number of rotatable bonds is 4. The maximum absolute atomic E-state index is 14.0. The Balaban J connectivity index is 1.78. The Hall–Kier alpha value is -3.67. The number of carbonyl (C=O) groups excluding carboxylic acids is 2. The molecule has 158 valence electrons. The Kier molecular flexibility index (Phi) is 5.46. The van der Waals surface area contributed by atoms with E-state index in [2.05, 4.69) is 5.32 Å². The summed E-state index contributed by atoms with van der Waals surface area (Å²) in [6, 6.07) is 18.5. The summed E-state index contributed by atoms with van der Waals surface area (Å²) < 4.78 is 19.3. The van der Waals surface area contributed by atoms with Gasteiger partial charge in [0.1, 0.15) is 11.6 Å².